The molecule has 1 aromatic carbocycles. The standard InChI is InChI=1S/C16H16Cl2N2O3S/c1-9-5-12(10(2)23-9)16(22)20-19-15(21)8-24-7-11-3-4-13(17)14(18)6-11/h3-6H,7-8H2,1-2H3,(H,19,21)(H,20,22). The molecule has 1 aromatic heterocycles. The summed E-state index contributed by atoms with van der Waals surface area (Å²) in [5.41, 5.74) is 6.11. The van der Waals surface area contributed by atoms with Crippen LogP contribution in [-0.4, -0.2) is 17.6 Å². The zero-order chi connectivity index (χ0) is 17.7. The Labute approximate surface area is 154 Å². The molecule has 0 aliphatic rings. The van der Waals surface area contributed by atoms with Crippen molar-refractivity contribution in [2.24, 2.45) is 0 Å². The minimum atomic E-state index is -0.410. The Hall–Kier alpha value is -1.63. The number of hydrogen-bond donors (Lipinski definition) is 2. The zero-order valence-corrected chi connectivity index (χ0v) is 15.4. The second kappa shape index (κ2) is 8.46. The molecule has 0 radical (unpaired) electrons. The summed E-state index contributed by atoms with van der Waals surface area (Å²) in [6.45, 7) is 3.44. The molecule has 0 saturated carbocycles. The van der Waals surface area contributed by atoms with Crippen LogP contribution in [0.15, 0.2) is 28.7 Å². The number of nitrogens with one attached hydrogen (secondary N) is 2. The number of carbonyl (C=O) groups is 2. The highest BCUT2D eigenvalue weighted by atomic mass is 35.5. The van der Waals surface area contributed by atoms with Gasteiger partial charge in [0.25, 0.3) is 5.91 Å². The lowest BCUT2D eigenvalue weighted by Crippen LogP contribution is -2.42. The van der Waals surface area contributed by atoms with E-state index in [1.165, 1.54) is 11.8 Å². The summed E-state index contributed by atoms with van der Waals surface area (Å²) in [6.07, 6.45) is 0. The molecule has 1 heterocycles. The number of hydrogen-bond acceptors (Lipinski definition) is 4. The molecule has 0 unspecified atom stereocenters. The summed E-state index contributed by atoms with van der Waals surface area (Å²) >= 11 is 13.2. The summed E-state index contributed by atoms with van der Waals surface area (Å²) in [4.78, 5) is 23.7. The quantitative estimate of drug-likeness (QED) is 0.764. The average Bonchev–Trinajstić information content (AvgIpc) is 2.87. The maximum absolute atomic E-state index is 11.9. The van der Waals surface area contributed by atoms with Gasteiger partial charge in [-0.2, -0.15) is 0 Å². The van der Waals surface area contributed by atoms with Crippen molar-refractivity contribution in [3.05, 3.63) is 57.0 Å². The minimum absolute atomic E-state index is 0.198. The summed E-state index contributed by atoms with van der Waals surface area (Å²) in [5, 5.41) is 0.980. The Kier molecular flexibility index (Phi) is 6.60. The van der Waals surface area contributed by atoms with Gasteiger partial charge in [-0.15, -0.1) is 11.8 Å². The first-order valence-corrected chi connectivity index (χ1v) is 8.95. The first-order valence-electron chi connectivity index (χ1n) is 7.04. The van der Waals surface area contributed by atoms with Crippen molar-refractivity contribution in [1.82, 2.24) is 10.9 Å². The largest absolute Gasteiger partial charge is 0.466 e. The Morgan fingerprint density at radius 2 is 1.88 bits per heavy atom. The number of furan rings is 1. The van der Waals surface area contributed by atoms with Crippen LogP contribution < -0.4 is 10.9 Å². The lowest BCUT2D eigenvalue weighted by Gasteiger charge is -2.07. The van der Waals surface area contributed by atoms with Gasteiger partial charge in [-0.05, 0) is 37.6 Å². The third-order valence-corrected chi connectivity index (χ3v) is 4.83. The van der Waals surface area contributed by atoms with Crippen molar-refractivity contribution < 1.29 is 14.0 Å². The van der Waals surface area contributed by atoms with Gasteiger partial charge >= 0.3 is 0 Å². The Bertz CT molecular complexity index is 762. The average molecular weight is 387 g/mol. The van der Waals surface area contributed by atoms with Crippen LogP contribution in [-0.2, 0) is 10.5 Å². The van der Waals surface area contributed by atoms with E-state index in [9.17, 15) is 9.59 Å². The minimum Gasteiger partial charge on any atom is -0.466 e. The van der Waals surface area contributed by atoms with Gasteiger partial charge in [0.2, 0.25) is 5.91 Å². The number of aryl methyl sites for hydroxylation is 2. The first-order chi connectivity index (χ1) is 11.4. The maximum atomic E-state index is 11.9. The molecule has 0 spiro atoms. The van der Waals surface area contributed by atoms with Crippen LogP contribution in [0.4, 0.5) is 0 Å². The highest BCUT2D eigenvalue weighted by Gasteiger charge is 2.14. The normalized spacial score (nSPS) is 10.5. The van der Waals surface area contributed by atoms with Gasteiger partial charge in [-0.1, -0.05) is 29.3 Å². The third-order valence-electron chi connectivity index (χ3n) is 3.09. The number of hydrazine groups is 1. The lowest BCUT2D eigenvalue weighted by atomic mass is 10.2. The fraction of sp³-hybridized carbons (Fsp3) is 0.250. The van der Waals surface area contributed by atoms with Crippen LogP contribution in [0.3, 0.4) is 0 Å². The van der Waals surface area contributed by atoms with Crippen molar-refractivity contribution in [2.45, 2.75) is 19.6 Å². The Morgan fingerprint density at radius 3 is 2.50 bits per heavy atom. The Morgan fingerprint density at radius 1 is 1.12 bits per heavy atom. The zero-order valence-electron chi connectivity index (χ0n) is 13.1. The van der Waals surface area contributed by atoms with Crippen molar-refractivity contribution in [1.29, 1.82) is 0 Å². The summed E-state index contributed by atoms with van der Waals surface area (Å²) in [5.74, 6) is 1.25. The summed E-state index contributed by atoms with van der Waals surface area (Å²) in [7, 11) is 0. The van der Waals surface area contributed by atoms with Crippen molar-refractivity contribution >= 4 is 46.8 Å². The molecule has 0 saturated heterocycles. The molecular weight excluding hydrogens is 371 g/mol. The Balaban J connectivity index is 1.74. The van der Waals surface area contributed by atoms with E-state index in [1.54, 1.807) is 32.0 Å². The number of carbonyl (C=O) groups excluding carboxylic acids is 2. The van der Waals surface area contributed by atoms with E-state index in [2.05, 4.69) is 10.9 Å². The van der Waals surface area contributed by atoms with Gasteiger partial charge in [-0.25, -0.2) is 0 Å². The van der Waals surface area contributed by atoms with Crippen LogP contribution >= 0.6 is 35.0 Å². The number of rotatable bonds is 5. The second-order valence-corrected chi connectivity index (χ2v) is 6.87. The van der Waals surface area contributed by atoms with E-state index >= 15 is 0 Å². The van der Waals surface area contributed by atoms with Crippen molar-refractivity contribution in [3.63, 3.8) is 0 Å². The van der Waals surface area contributed by atoms with E-state index in [0.717, 1.165) is 5.56 Å². The van der Waals surface area contributed by atoms with Crippen LogP contribution in [0.2, 0.25) is 10.0 Å². The molecule has 8 heteroatoms. The first kappa shape index (κ1) is 18.7. The highest BCUT2D eigenvalue weighted by Crippen LogP contribution is 2.24. The SMILES string of the molecule is Cc1cc(C(=O)NNC(=O)CSCc2ccc(Cl)c(Cl)c2)c(C)o1. The van der Waals surface area contributed by atoms with Gasteiger partial charge in [0, 0.05) is 5.75 Å². The molecule has 2 N–H and O–H groups in total. The number of benzene rings is 1. The van der Waals surface area contributed by atoms with Crippen LogP contribution in [0.1, 0.15) is 27.4 Å². The fourth-order valence-electron chi connectivity index (χ4n) is 1.98. The highest BCUT2D eigenvalue weighted by molar-refractivity contribution is 7.99. The van der Waals surface area contributed by atoms with E-state index < -0.39 is 5.91 Å². The van der Waals surface area contributed by atoms with Gasteiger partial charge in [0.1, 0.15) is 11.5 Å². The molecule has 0 fully saturated rings. The fourth-order valence-corrected chi connectivity index (χ4v) is 3.07. The monoisotopic (exact) mass is 386 g/mol. The van der Waals surface area contributed by atoms with Gasteiger partial charge in [0.15, 0.2) is 0 Å². The molecule has 5 nitrogen and oxygen atoms in total. The van der Waals surface area contributed by atoms with Gasteiger partial charge in [-0.3, -0.25) is 20.4 Å². The van der Waals surface area contributed by atoms with E-state index in [4.69, 9.17) is 27.6 Å². The predicted molar refractivity (Wildman–Crippen MR) is 96.4 cm³/mol. The van der Waals surface area contributed by atoms with Gasteiger partial charge < -0.3 is 4.42 Å². The molecule has 0 atom stereocenters. The number of thioether (sulfide) groups is 1. The molecule has 2 amide bonds. The number of halogens is 2. The lowest BCUT2D eigenvalue weighted by molar-refractivity contribution is -0.119. The summed E-state index contributed by atoms with van der Waals surface area (Å²) < 4.78 is 5.28. The van der Waals surface area contributed by atoms with E-state index in [0.29, 0.717) is 32.9 Å². The smallest absolute Gasteiger partial charge is 0.273 e. The van der Waals surface area contributed by atoms with E-state index in [1.807, 2.05) is 6.07 Å². The predicted octanol–water partition coefficient (Wildman–Crippen LogP) is 3.90. The maximum Gasteiger partial charge on any atom is 0.273 e. The molecular formula is C16H16Cl2N2O3S. The van der Waals surface area contributed by atoms with Crippen LogP contribution in [0.25, 0.3) is 0 Å². The van der Waals surface area contributed by atoms with E-state index in [-0.39, 0.29) is 11.7 Å². The molecule has 0 aliphatic carbocycles. The van der Waals surface area contributed by atoms with Crippen LogP contribution in [0.5, 0.6) is 0 Å². The molecule has 0 bridgehead atoms. The second-order valence-electron chi connectivity index (χ2n) is 5.07. The third kappa shape index (κ3) is 5.19. The number of amides is 2. The van der Waals surface area contributed by atoms with Crippen molar-refractivity contribution in [2.75, 3.05) is 5.75 Å². The van der Waals surface area contributed by atoms with Crippen molar-refractivity contribution in [3.8, 4) is 0 Å². The molecule has 128 valence electrons. The summed E-state index contributed by atoms with van der Waals surface area (Å²) in [6, 6.07) is 6.96. The van der Waals surface area contributed by atoms with Gasteiger partial charge in [0.05, 0.1) is 21.4 Å². The molecule has 0 aliphatic heterocycles. The molecule has 2 rings (SSSR count). The topological polar surface area (TPSA) is 71.3 Å². The molecule has 2 aromatic rings. The van der Waals surface area contributed by atoms with Crippen LogP contribution in [0, 0.1) is 13.8 Å². The molecule has 24 heavy (non-hydrogen) atoms.